The molecule has 1 heterocycles. The Kier molecular flexibility index (Phi) is 6.84. The molecule has 29 heavy (non-hydrogen) atoms. The SMILES string of the molecule is CN=C(NCCc1ccn(-c2ccc(F)cc2)n1)NCc1ccc(C)cc1OC. The molecule has 0 aliphatic carbocycles. The number of methoxy groups -OCH3 is 1. The minimum Gasteiger partial charge on any atom is -0.496 e. The minimum absolute atomic E-state index is 0.257. The number of ether oxygens (including phenoxy) is 1. The first-order valence-corrected chi connectivity index (χ1v) is 9.47. The van der Waals surface area contributed by atoms with E-state index < -0.39 is 0 Å². The van der Waals surface area contributed by atoms with E-state index in [1.165, 1.54) is 12.1 Å². The average molecular weight is 395 g/mol. The largest absolute Gasteiger partial charge is 0.496 e. The van der Waals surface area contributed by atoms with Crippen molar-refractivity contribution in [2.45, 2.75) is 19.9 Å². The van der Waals surface area contributed by atoms with E-state index in [1.54, 1.807) is 31.0 Å². The van der Waals surface area contributed by atoms with Crippen molar-refractivity contribution in [1.82, 2.24) is 20.4 Å². The Balaban J connectivity index is 1.50. The molecule has 0 amide bonds. The van der Waals surface area contributed by atoms with Gasteiger partial charge < -0.3 is 15.4 Å². The Labute approximate surface area is 170 Å². The fraction of sp³-hybridized carbons (Fsp3) is 0.273. The van der Waals surface area contributed by atoms with Gasteiger partial charge in [0.1, 0.15) is 11.6 Å². The molecule has 2 N–H and O–H groups in total. The standard InChI is InChI=1S/C22H26FN5O/c1-16-4-5-17(21(14-16)29-3)15-26-22(24-2)25-12-10-19-11-13-28(27-19)20-8-6-18(23)7-9-20/h4-9,11,13-14H,10,12,15H2,1-3H3,(H2,24,25,26). The van der Waals surface area contributed by atoms with Crippen LogP contribution in [0.3, 0.4) is 0 Å². The maximum Gasteiger partial charge on any atom is 0.191 e. The Morgan fingerprint density at radius 3 is 2.66 bits per heavy atom. The number of nitrogens with one attached hydrogen (secondary N) is 2. The summed E-state index contributed by atoms with van der Waals surface area (Å²) in [7, 11) is 3.42. The Morgan fingerprint density at radius 2 is 1.93 bits per heavy atom. The zero-order valence-corrected chi connectivity index (χ0v) is 16.9. The lowest BCUT2D eigenvalue weighted by Crippen LogP contribution is -2.38. The van der Waals surface area contributed by atoms with E-state index in [0.29, 0.717) is 19.0 Å². The molecular formula is C22H26FN5O. The van der Waals surface area contributed by atoms with Crippen molar-refractivity contribution in [3.8, 4) is 11.4 Å². The Hall–Kier alpha value is -3.35. The number of benzene rings is 2. The fourth-order valence-corrected chi connectivity index (χ4v) is 2.94. The van der Waals surface area contributed by atoms with E-state index in [-0.39, 0.29) is 5.82 Å². The highest BCUT2D eigenvalue weighted by atomic mass is 19.1. The van der Waals surface area contributed by atoms with E-state index in [4.69, 9.17) is 4.74 Å². The second-order valence-electron chi connectivity index (χ2n) is 6.65. The van der Waals surface area contributed by atoms with E-state index in [9.17, 15) is 4.39 Å². The third kappa shape index (κ3) is 5.57. The van der Waals surface area contributed by atoms with Gasteiger partial charge in [0.05, 0.1) is 18.5 Å². The molecule has 1 aromatic heterocycles. The van der Waals surface area contributed by atoms with Crippen LogP contribution in [0.4, 0.5) is 4.39 Å². The van der Waals surface area contributed by atoms with Crippen LogP contribution in [0.5, 0.6) is 5.75 Å². The number of halogens is 1. The van der Waals surface area contributed by atoms with E-state index >= 15 is 0 Å². The van der Waals surface area contributed by atoms with Gasteiger partial charge in [0.25, 0.3) is 0 Å². The summed E-state index contributed by atoms with van der Waals surface area (Å²) in [4.78, 5) is 4.26. The van der Waals surface area contributed by atoms with Crippen LogP contribution >= 0.6 is 0 Å². The summed E-state index contributed by atoms with van der Waals surface area (Å²) in [6.45, 7) is 3.34. The lowest BCUT2D eigenvalue weighted by Gasteiger charge is -2.14. The summed E-state index contributed by atoms with van der Waals surface area (Å²) in [6, 6.07) is 14.4. The van der Waals surface area contributed by atoms with Gasteiger partial charge in [0.15, 0.2) is 5.96 Å². The molecule has 0 bridgehead atoms. The number of hydrogen-bond acceptors (Lipinski definition) is 3. The van der Waals surface area contributed by atoms with Crippen LogP contribution in [0, 0.1) is 12.7 Å². The first-order valence-electron chi connectivity index (χ1n) is 9.47. The van der Waals surface area contributed by atoms with Crippen LogP contribution in [-0.4, -0.2) is 36.4 Å². The second kappa shape index (κ2) is 9.73. The fourth-order valence-electron chi connectivity index (χ4n) is 2.94. The number of nitrogens with zero attached hydrogens (tertiary/aromatic N) is 3. The average Bonchev–Trinajstić information content (AvgIpc) is 3.20. The normalized spacial score (nSPS) is 11.4. The van der Waals surface area contributed by atoms with Gasteiger partial charge in [-0.15, -0.1) is 0 Å². The molecule has 0 fully saturated rings. The number of aliphatic imine (C=N–C) groups is 1. The Morgan fingerprint density at radius 1 is 1.14 bits per heavy atom. The molecule has 0 unspecified atom stereocenters. The smallest absolute Gasteiger partial charge is 0.191 e. The monoisotopic (exact) mass is 395 g/mol. The summed E-state index contributed by atoms with van der Waals surface area (Å²) in [5, 5.41) is 11.1. The lowest BCUT2D eigenvalue weighted by atomic mass is 10.1. The summed E-state index contributed by atoms with van der Waals surface area (Å²) >= 11 is 0. The van der Waals surface area contributed by atoms with Crippen molar-refractivity contribution in [1.29, 1.82) is 0 Å². The first kappa shape index (κ1) is 20.4. The van der Waals surface area contributed by atoms with Gasteiger partial charge >= 0.3 is 0 Å². The highest BCUT2D eigenvalue weighted by molar-refractivity contribution is 5.79. The van der Waals surface area contributed by atoms with Gasteiger partial charge in [0, 0.05) is 38.3 Å². The maximum atomic E-state index is 13.1. The minimum atomic E-state index is -0.257. The second-order valence-corrected chi connectivity index (χ2v) is 6.65. The number of rotatable bonds is 7. The van der Waals surface area contributed by atoms with Crippen molar-refractivity contribution in [3.63, 3.8) is 0 Å². The molecule has 152 valence electrons. The van der Waals surface area contributed by atoms with Gasteiger partial charge in [-0.2, -0.15) is 5.10 Å². The number of guanidine groups is 1. The van der Waals surface area contributed by atoms with Gasteiger partial charge in [-0.25, -0.2) is 9.07 Å². The maximum absolute atomic E-state index is 13.1. The molecule has 0 saturated carbocycles. The van der Waals surface area contributed by atoms with Gasteiger partial charge in [-0.3, -0.25) is 4.99 Å². The van der Waals surface area contributed by atoms with Crippen LogP contribution in [0.2, 0.25) is 0 Å². The van der Waals surface area contributed by atoms with Crippen LogP contribution in [0.25, 0.3) is 5.69 Å². The molecule has 0 aliphatic heterocycles. The van der Waals surface area contributed by atoms with Crippen LogP contribution in [0.1, 0.15) is 16.8 Å². The van der Waals surface area contributed by atoms with E-state index in [2.05, 4.69) is 32.9 Å². The zero-order valence-electron chi connectivity index (χ0n) is 16.9. The lowest BCUT2D eigenvalue weighted by molar-refractivity contribution is 0.408. The molecule has 3 aromatic rings. The highest BCUT2D eigenvalue weighted by Gasteiger charge is 2.06. The van der Waals surface area contributed by atoms with Gasteiger partial charge in [-0.05, 0) is 48.9 Å². The molecule has 0 atom stereocenters. The quantitative estimate of drug-likeness (QED) is 0.476. The molecule has 2 aromatic carbocycles. The predicted octanol–water partition coefficient (Wildman–Crippen LogP) is 3.24. The zero-order chi connectivity index (χ0) is 20.6. The van der Waals surface area contributed by atoms with Gasteiger partial charge in [0.2, 0.25) is 0 Å². The third-order valence-electron chi connectivity index (χ3n) is 4.52. The van der Waals surface area contributed by atoms with Gasteiger partial charge in [-0.1, -0.05) is 12.1 Å². The summed E-state index contributed by atoms with van der Waals surface area (Å²) in [5.74, 6) is 1.32. The van der Waals surface area contributed by atoms with Crippen LogP contribution < -0.4 is 15.4 Å². The number of aromatic nitrogens is 2. The van der Waals surface area contributed by atoms with Crippen molar-refractivity contribution >= 4 is 5.96 Å². The molecule has 6 nitrogen and oxygen atoms in total. The van der Waals surface area contributed by atoms with Crippen molar-refractivity contribution in [3.05, 3.63) is 77.4 Å². The summed E-state index contributed by atoms with van der Waals surface area (Å²) in [5.41, 5.74) is 4.00. The molecule has 0 saturated heterocycles. The highest BCUT2D eigenvalue weighted by Crippen LogP contribution is 2.19. The summed E-state index contributed by atoms with van der Waals surface area (Å²) < 4.78 is 20.2. The third-order valence-corrected chi connectivity index (χ3v) is 4.52. The van der Waals surface area contributed by atoms with Crippen molar-refractivity contribution in [2.75, 3.05) is 20.7 Å². The number of aryl methyl sites for hydroxylation is 1. The van der Waals surface area contributed by atoms with Crippen LogP contribution in [-0.2, 0) is 13.0 Å². The van der Waals surface area contributed by atoms with Crippen molar-refractivity contribution in [2.24, 2.45) is 4.99 Å². The molecule has 0 aliphatic rings. The Bertz CT molecular complexity index is 966. The first-order chi connectivity index (χ1) is 14.1. The molecule has 7 heteroatoms. The number of hydrogen-bond donors (Lipinski definition) is 2. The molecule has 0 spiro atoms. The predicted molar refractivity (Wildman–Crippen MR) is 113 cm³/mol. The van der Waals surface area contributed by atoms with E-state index in [1.807, 2.05) is 25.3 Å². The molecule has 3 rings (SSSR count). The summed E-state index contributed by atoms with van der Waals surface area (Å²) in [6.07, 6.45) is 2.61. The molecular weight excluding hydrogens is 369 g/mol. The van der Waals surface area contributed by atoms with Crippen molar-refractivity contribution < 1.29 is 9.13 Å². The van der Waals surface area contributed by atoms with Crippen LogP contribution in [0.15, 0.2) is 59.7 Å². The van der Waals surface area contributed by atoms with E-state index in [0.717, 1.165) is 34.7 Å². The topological polar surface area (TPSA) is 63.5 Å². The molecule has 0 radical (unpaired) electrons.